The van der Waals surface area contributed by atoms with Gasteiger partial charge in [-0.15, -0.1) is 0 Å². The van der Waals surface area contributed by atoms with E-state index in [0.717, 1.165) is 19.3 Å². The van der Waals surface area contributed by atoms with E-state index in [1.807, 2.05) is 6.08 Å². The van der Waals surface area contributed by atoms with Crippen molar-refractivity contribution in [1.29, 1.82) is 0 Å². The summed E-state index contributed by atoms with van der Waals surface area (Å²) in [6, 6.07) is 0. The van der Waals surface area contributed by atoms with Crippen LogP contribution in [0.4, 0.5) is 0 Å². The summed E-state index contributed by atoms with van der Waals surface area (Å²) >= 11 is 0. The second-order valence-corrected chi connectivity index (χ2v) is 8.93. The van der Waals surface area contributed by atoms with Gasteiger partial charge in [0.2, 0.25) is 0 Å². The summed E-state index contributed by atoms with van der Waals surface area (Å²) in [6.07, 6.45) is 23.1. The first-order valence-corrected chi connectivity index (χ1v) is 11.8. The van der Waals surface area contributed by atoms with Crippen LogP contribution in [0, 0.1) is 5.41 Å². The van der Waals surface area contributed by atoms with Crippen molar-refractivity contribution in [3.8, 4) is 0 Å². The summed E-state index contributed by atoms with van der Waals surface area (Å²) in [5.74, 6) is 0.346. The monoisotopic (exact) mass is 396 g/mol. The van der Waals surface area contributed by atoms with Gasteiger partial charge in [0.05, 0.1) is 0 Å². The molecule has 3 heteroatoms. The van der Waals surface area contributed by atoms with Gasteiger partial charge in [0.1, 0.15) is 6.79 Å². The van der Waals surface area contributed by atoms with E-state index in [-0.39, 0.29) is 12.2 Å². The second-order valence-electron chi connectivity index (χ2n) is 8.93. The van der Waals surface area contributed by atoms with E-state index in [2.05, 4.69) is 25.5 Å². The summed E-state index contributed by atoms with van der Waals surface area (Å²) in [5, 5.41) is 7.65. The number of aliphatic hydroxyl groups excluding tert-OH is 1. The van der Waals surface area contributed by atoms with Gasteiger partial charge in [-0.2, -0.15) is 0 Å². The lowest BCUT2D eigenvalue weighted by Crippen LogP contribution is -2.22. The number of ether oxygens (including phenoxy) is 1. The molecule has 0 saturated carbocycles. The lowest BCUT2D eigenvalue weighted by molar-refractivity contribution is -0.115. The quantitative estimate of drug-likeness (QED) is 0.232. The Morgan fingerprint density at radius 2 is 1.32 bits per heavy atom. The molecule has 3 nitrogen and oxygen atoms in total. The Labute approximate surface area is 175 Å². The molecule has 0 heterocycles. The molecule has 0 aromatic carbocycles. The highest BCUT2D eigenvalue weighted by Gasteiger charge is 2.27. The van der Waals surface area contributed by atoms with E-state index in [1.54, 1.807) is 0 Å². The molecule has 0 radical (unpaired) electrons. The molecule has 1 aliphatic rings. The summed E-state index contributed by atoms with van der Waals surface area (Å²) in [7, 11) is 1.43. The predicted octanol–water partition coefficient (Wildman–Crippen LogP) is 7.37. The van der Waals surface area contributed by atoms with Crippen molar-refractivity contribution < 1.29 is 14.6 Å². The van der Waals surface area contributed by atoms with Crippen LogP contribution in [-0.4, -0.2) is 24.8 Å². The molecule has 0 amide bonds. The van der Waals surface area contributed by atoms with Crippen LogP contribution in [0.15, 0.2) is 11.6 Å². The molecule has 0 fully saturated rings. The van der Waals surface area contributed by atoms with Gasteiger partial charge < -0.3 is 9.84 Å². The number of methoxy groups -OCH3 is 1. The zero-order chi connectivity index (χ0) is 21.1. The number of carbonyl (C=O) groups excluding carboxylic acids is 1. The van der Waals surface area contributed by atoms with Gasteiger partial charge >= 0.3 is 0 Å². The second kappa shape index (κ2) is 18.4. The lowest BCUT2D eigenvalue weighted by atomic mass is 9.73. The van der Waals surface area contributed by atoms with Crippen molar-refractivity contribution in [2.75, 3.05) is 13.9 Å². The van der Waals surface area contributed by atoms with Crippen LogP contribution in [0.5, 0.6) is 0 Å². The van der Waals surface area contributed by atoms with Crippen molar-refractivity contribution in [1.82, 2.24) is 0 Å². The van der Waals surface area contributed by atoms with Crippen molar-refractivity contribution in [2.24, 2.45) is 5.41 Å². The van der Waals surface area contributed by atoms with Gasteiger partial charge in [-0.3, -0.25) is 4.79 Å². The van der Waals surface area contributed by atoms with Crippen molar-refractivity contribution in [3.05, 3.63) is 11.6 Å². The average Bonchev–Trinajstić information content (AvgIpc) is 2.68. The van der Waals surface area contributed by atoms with E-state index >= 15 is 0 Å². The Morgan fingerprint density at radius 3 is 1.75 bits per heavy atom. The van der Waals surface area contributed by atoms with Crippen LogP contribution in [0.25, 0.3) is 0 Å². The zero-order valence-corrected chi connectivity index (χ0v) is 19.4. The minimum Gasteiger partial charge on any atom is -0.371 e. The first-order chi connectivity index (χ1) is 13.5. The van der Waals surface area contributed by atoms with Crippen LogP contribution < -0.4 is 0 Å². The molecular weight excluding hydrogens is 348 g/mol. The molecule has 0 spiro atoms. The van der Waals surface area contributed by atoms with E-state index in [4.69, 9.17) is 5.11 Å². The average molecular weight is 397 g/mol. The molecule has 28 heavy (non-hydrogen) atoms. The van der Waals surface area contributed by atoms with Gasteiger partial charge in [-0.05, 0) is 30.8 Å². The third kappa shape index (κ3) is 15.3. The fourth-order valence-corrected chi connectivity index (χ4v) is 3.80. The molecular formula is C25H48O3. The fraction of sp³-hybridized carbons (Fsp3) is 0.880. The number of hydrogen-bond donors (Lipinski definition) is 1. The van der Waals surface area contributed by atoms with Crippen molar-refractivity contribution in [3.63, 3.8) is 0 Å². The minimum atomic E-state index is -0.181. The Morgan fingerprint density at radius 1 is 0.893 bits per heavy atom. The molecule has 0 bridgehead atoms. The number of carbonyl (C=O) groups is 1. The molecule has 166 valence electrons. The highest BCUT2D eigenvalue weighted by molar-refractivity contribution is 5.91. The summed E-state index contributed by atoms with van der Waals surface area (Å²) in [4.78, 5) is 11.6. The maximum atomic E-state index is 11.6. The fourth-order valence-electron chi connectivity index (χ4n) is 3.80. The third-order valence-corrected chi connectivity index (χ3v) is 5.88. The van der Waals surface area contributed by atoms with Crippen molar-refractivity contribution >= 4 is 5.78 Å². The molecule has 0 saturated heterocycles. The Balaban J connectivity index is 0.00000165. The maximum absolute atomic E-state index is 11.6. The van der Waals surface area contributed by atoms with Gasteiger partial charge in [0, 0.05) is 13.5 Å². The number of allylic oxidation sites excluding steroid dienone is 2. The normalized spacial score (nSPS) is 15.8. The Bertz CT molecular complexity index is 397. The highest BCUT2D eigenvalue weighted by Crippen LogP contribution is 2.38. The molecule has 0 atom stereocenters. The molecule has 0 aliphatic heterocycles. The van der Waals surface area contributed by atoms with E-state index in [1.165, 1.54) is 96.2 Å². The first-order valence-electron chi connectivity index (χ1n) is 11.8. The van der Waals surface area contributed by atoms with Crippen molar-refractivity contribution in [2.45, 2.75) is 124 Å². The molecule has 1 rings (SSSR count). The number of aliphatic hydroxyl groups is 1. The maximum Gasteiger partial charge on any atom is 0.155 e. The molecule has 0 aromatic heterocycles. The Kier molecular flexibility index (Phi) is 17.9. The summed E-state index contributed by atoms with van der Waals surface area (Å²) in [6.45, 7) is 6.70. The van der Waals surface area contributed by atoms with E-state index in [0.29, 0.717) is 5.78 Å². The summed E-state index contributed by atoms with van der Waals surface area (Å²) < 4.78 is 4.10. The van der Waals surface area contributed by atoms with Crippen LogP contribution in [0.3, 0.4) is 0 Å². The third-order valence-electron chi connectivity index (χ3n) is 5.88. The molecule has 1 aliphatic carbocycles. The SMILES string of the molecule is CCCCCCCCCCCCCCCC1=CC(=O)CCC1(C)C.COCO. The highest BCUT2D eigenvalue weighted by atomic mass is 16.6. The Hall–Kier alpha value is -0.670. The zero-order valence-electron chi connectivity index (χ0n) is 19.4. The largest absolute Gasteiger partial charge is 0.371 e. The first kappa shape index (κ1) is 27.3. The van der Waals surface area contributed by atoms with E-state index in [9.17, 15) is 4.79 Å². The smallest absolute Gasteiger partial charge is 0.155 e. The van der Waals surface area contributed by atoms with Gasteiger partial charge in [-0.1, -0.05) is 103 Å². The molecule has 0 aromatic rings. The summed E-state index contributed by atoms with van der Waals surface area (Å²) in [5.41, 5.74) is 1.66. The topological polar surface area (TPSA) is 46.5 Å². The number of unbranched alkanes of at least 4 members (excludes halogenated alkanes) is 12. The van der Waals surface area contributed by atoms with Crippen LogP contribution in [-0.2, 0) is 9.53 Å². The standard InChI is InChI=1S/C23H42O.C2H6O2/c1-4-5-6-7-8-9-10-11-12-13-14-15-16-17-21-20-22(24)18-19-23(21,2)3;1-4-2-3/h20H,4-19H2,1-3H3;3H,2H2,1H3. The van der Waals surface area contributed by atoms with Crippen LogP contribution in [0.1, 0.15) is 124 Å². The number of hydrogen-bond acceptors (Lipinski definition) is 3. The lowest BCUT2D eigenvalue weighted by Gasteiger charge is -2.31. The molecule has 1 N–H and O–H groups in total. The van der Waals surface area contributed by atoms with Crippen LogP contribution in [0.2, 0.25) is 0 Å². The van der Waals surface area contributed by atoms with Gasteiger partial charge in [0.25, 0.3) is 0 Å². The van der Waals surface area contributed by atoms with Gasteiger partial charge in [-0.25, -0.2) is 0 Å². The molecule has 0 unspecified atom stereocenters. The predicted molar refractivity (Wildman–Crippen MR) is 121 cm³/mol. The van der Waals surface area contributed by atoms with Crippen LogP contribution >= 0.6 is 0 Å². The number of ketones is 1. The number of rotatable bonds is 15. The minimum absolute atomic E-state index is 0.181. The van der Waals surface area contributed by atoms with Gasteiger partial charge in [0.15, 0.2) is 5.78 Å². The van der Waals surface area contributed by atoms with E-state index < -0.39 is 0 Å².